The lowest BCUT2D eigenvalue weighted by molar-refractivity contribution is 0.0782. The molecule has 2 aromatic rings. The highest BCUT2D eigenvalue weighted by Crippen LogP contribution is 2.21. The number of rotatable bonds is 6. The van der Waals surface area contributed by atoms with Gasteiger partial charge in [0.05, 0.1) is 12.2 Å². The molecule has 1 amide bonds. The first kappa shape index (κ1) is 17.8. The Labute approximate surface area is 149 Å². The largest absolute Gasteiger partial charge is 0.383 e. The molecule has 0 spiro atoms. The lowest BCUT2D eigenvalue weighted by atomic mass is 10.2. The first-order valence-corrected chi connectivity index (χ1v) is 8.78. The third kappa shape index (κ3) is 3.65. The zero-order chi connectivity index (χ0) is 18.0. The van der Waals surface area contributed by atoms with Crippen molar-refractivity contribution < 1.29 is 9.53 Å². The molecule has 2 aromatic heterocycles. The molecule has 0 N–H and O–H groups in total. The molecule has 1 fully saturated rings. The standard InChI is InChI=1S/C19H28N4O2/c1-20(2)17-9-10-22(14-17)19(24)15-5-6-16-7-8-18(23(16)13-15)21(3)11-12-25-4/h5-8,13,17H,9-12,14H2,1-4H3/t17-/m0/s1. The Morgan fingerprint density at radius 3 is 2.68 bits per heavy atom. The summed E-state index contributed by atoms with van der Waals surface area (Å²) in [5.74, 6) is 1.18. The number of nitrogens with zero attached hydrogens (tertiary/aromatic N) is 4. The van der Waals surface area contributed by atoms with Crippen molar-refractivity contribution in [2.75, 3.05) is 59.4 Å². The highest BCUT2D eigenvalue weighted by atomic mass is 16.5. The summed E-state index contributed by atoms with van der Waals surface area (Å²) >= 11 is 0. The minimum absolute atomic E-state index is 0.116. The quantitative estimate of drug-likeness (QED) is 0.801. The van der Waals surface area contributed by atoms with E-state index in [-0.39, 0.29) is 5.91 Å². The molecular weight excluding hydrogens is 316 g/mol. The molecule has 6 heteroatoms. The summed E-state index contributed by atoms with van der Waals surface area (Å²) in [5.41, 5.74) is 1.83. The van der Waals surface area contributed by atoms with Crippen LogP contribution in [0, 0.1) is 0 Å². The molecule has 136 valence electrons. The minimum atomic E-state index is 0.116. The molecule has 3 heterocycles. The highest BCUT2D eigenvalue weighted by molar-refractivity contribution is 5.94. The number of likely N-dealkylation sites (N-methyl/N-ethyl adjacent to an activating group) is 2. The Bertz CT molecular complexity index is 740. The van der Waals surface area contributed by atoms with Gasteiger partial charge in [-0.1, -0.05) is 0 Å². The minimum Gasteiger partial charge on any atom is -0.383 e. The van der Waals surface area contributed by atoms with Crippen LogP contribution < -0.4 is 4.90 Å². The predicted molar refractivity (Wildman–Crippen MR) is 101 cm³/mol. The van der Waals surface area contributed by atoms with Gasteiger partial charge in [-0.15, -0.1) is 0 Å². The number of ether oxygens (including phenoxy) is 1. The molecule has 0 aromatic carbocycles. The maximum atomic E-state index is 12.9. The third-order valence-electron chi connectivity index (χ3n) is 5.08. The fourth-order valence-electron chi connectivity index (χ4n) is 3.40. The van der Waals surface area contributed by atoms with Crippen LogP contribution in [0.25, 0.3) is 5.52 Å². The van der Waals surface area contributed by atoms with Crippen LogP contribution in [0.4, 0.5) is 5.82 Å². The zero-order valence-corrected chi connectivity index (χ0v) is 15.6. The average molecular weight is 344 g/mol. The summed E-state index contributed by atoms with van der Waals surface area (Å²) in [5, 5.41) is 0. The van der Waals surface area contributed by atoms with Gasteiger partial charge in [-0.2, -0.15) is 0 Å². The molecule has 0 saturated carbocycles. The normalized spacial score (nSPS) is 17.6. The van der Waals surface area contributed by atoms with Crippen molar-refractivity contribution in [2.24, 2.45) is 0 Å². The Morgan fingerprint density at radius 1 is 1.24 bits per heavy atom. The van der Waals surface area contributed by atoms with E-state index in [1.54, 1.807) is 7.11 Å². The Kier molecular flexibility index (Phi) is 5.30. The van der Waals surface area contributed by atoms with Crippen molar-refractivity contribution in [1.29, 1.82) is 0 Å². The summed E-state index contributed by atoms with van der Waals surface area (Å²) in [6, 6.07) is 8.55. The molecule has 1 aliphatic heterocycles. The first-order valence-electron chi connectivity index (χ1n) is 8.78. The molecule has 3 rings (SSSR count). The Morgan fingerprint density at radius 2 is 2.00 bits per heavy atom. The SMILES string of the molecule is COCCN(C)c1ccc2ccc(C(=O)N3CC[C@H](N(C)C)C3)cn12. The Balaban J connectivity index is 1.82. The lowest BCUT2D eigenvalue weighted by Gasteiger charge is -2.21. The van der Waals surface area contributed by atoms with Crippen LogP contribution in [-0.4, -0.2) is 80.6 Å². The summed E-state index contributed by atoms with van der Waals surface area (Å²) in [6.45, 7) is 3.10. The van der Waals surface area contributed by atoms with Crippen LogP contribution in [0.5, 0.6) is 0 Å². The number of carbonyl (C=O) groups excluding carboxylic acids is 1. The van der Waals surface area contributed by atoms with E-state index in [4.69, 9.17) is 4.74 Å². The number of pyridine rings is 1. The lowest BCUT2D eigenvalue weighted by Crippen LogP contribution is -2.34. The maximum Gasteiger partial charge on any atom is 0.255 e. The molecule has 0 bridgehead atoms. The van der Waals surface area contributed by atoms with Gasteiger partial charge >= 0.3 is 0 Å². The van der Waals surface area contributed by atoms with E-state index in [9.17, 15) is 4.79 Å². The summed E-state index contributed by atoms with van der Waals surface area (Å²) in [4.78, 5) is 19.2. The number of methoxy groups -OCH3 is 1. The van der Waals surface area contributed by atoms with E-state index in [0.717, 1.165) is 43.0 Å². The second-order valence-electron chi connectivity index (χ2n) is 6.98. The summed E-state index contributed by atoms with van der Waals surface area (Å²) in [6.07, 6.45) is 2.99. The van der Waals surface area contributed by atoms with Crippen LogP contribution in [0.3, 0.4) is 0 Å². The fraction of sp³-hybridized carbons (Fsp3) is 0.526. The number of fused-ring (bicyclic) bond motifs is 1. The van der Waals surface area contributed by atoms with Crippen molar-refractivity contribution in [3.63, 3.8) is 0 Å². The molecule has 1 aliphatic rings. The number of carbonyl (C=O) groups is 1. The van der Waals surface area contributed by atoms with Gasteiger partial charge in [0.2, 0.25) is 0 Å². The molecule has 0 aliphatic carbocycles. The second-order valence-corrected chi connectivity index (χ2v) is 6.98. The number of amides is 1. The topological polar surface area (TPSA) is 40.4 Å². The fourth-order valence-corrected chi connectivity index (χ4v) is 3.40. The summed E-state index contributed by atoms with van der Waals surface area (Å²) in [7, 11) is 7.90. The molecule has 1 saturated heterocycles. The van der Waals surface area contributed by atoms with Crippen LogP contribution >= 0.6 is 0 Å². The van der Waals surface area contributed by atoms with E-state index in [1.165, 1.54) is 0 Å². The monoisotopic (exact) mass is 344 g/mol. The molecule has 0 radical (unpaired) electrons. The average Bonchev–Trinajstić information content (AvgIpc) is 3.25. The number of likely N-dealkylation sites (tertiary alicyclic amines) is 1. The number of hydrogen-bond acceptors (Lipinski definition) is 4. The summed E-state index contributed by atoms with van der Waals surface area (Å²) < 4.78 is 7.25. The van der Waals surface area contributed by atoms with Crippen LogP contribution in [0.2, 0.25) is 0 Å². The second kappa shape index (κ2) is 7.45. The van der Waals surface area contributed by atoms with Crippen molar-refractivity contribution in [3.05, 3.63) is 36.0 Å². The van der Waals surface area contributed by atoms with E-state index >= 15 is 0 Å². The maximum absolute atomic E-state index is 12.9. The van der Waals surface area contributed by atoms with Crippen molar-refractivity contribution in [2.45, 2.75) is 12.5 Å². The van der Waals surface area contributed by atoms with Crippen molar-refractivity contribution >= 4 is 17.2 Å². The number of hydrogen-bond donors (Lipinski definition) is 0. The highest BCUT2D eigenvalue weighted by Gasteiger charge is 2.28. The molecule has 25 heavy (non-hydrogen) atoms. The van der Waals surface area contributed by atoms with Crippen LogP contribution in [0.15, 0.2) is 30.5 Å². The van der Waals surface area contributed by atoms with E-state index in [0.29, 0.717) is 12.6 Å². The number of aromatic nitrogens is 1. The molecule has 0 unspecified atom stereocenters. The van der Waals surface area contributed by atoms with Crippen molar-refractivity contribution in [1.82, 2.24) is 14.2 Å². The zero-order valence-electron chi connectivity index (χ0n) is 15.6. The van der Waals surface area contributed by atoms with Gasteiger partial charge in [-0.05, 0) is 44.8 Å². The van der Waals surface area contributed by atoms with Gasteiger partial charge in [0.25, 0.3) is 5.91 Å². The van der Waals surface area contributed by atoms with Crippen LogP contribution in [0.1, 0.15) is 16.8 Å². The van der Waals surface area contributed by atoms with Gasteiger partial charge in [0.15, 0.2) is 0 Å². The van der Waals surface area contributed by atoms with Gasteiger partial charge in [-0.25, -0.2) is 0 Å². The van der Waals surface area contributed by atoms with E-state index in [1.807, 2.05) is 30.3 Å². The van der Waals surface area contributed by atoms with Crippen molar-refractivity contribution in [3.8, 4) is 0 Å². The third-order valence-corrected chi connectivity index (χ3v) is 5.08. The predicted octanol–water partition coefficient (Wildman–Crippen LogP) is 1.80. The van der Waals surface area contributed by atoms with E-state index in [2.05, 4.69) is 40.4 Å². The number of anilines is 1. The van der Waals surface area contributed by atoms with E-state index < -0.39 is 0 Å². The van der Waals surface area contributed by atoms with Crippen LogP contribution in [-0.2, 0) is 4.74 Å². The molecule has 6 nitrogen and oxygen atoms in total. The smallest absolute Gasteiger partial charge is 0.255 e. The molecule has 1 atom stereocenters. The Hall–Kier alpha value is -2.05. The first-order chi connectivity index (χ1) is 12.0. The molecular formula is C19H28N4O2. The van der Waals surface area contributed by atoms with Gasteiger partial charge < -0.3 is 23.8 Å². The van der Waals surface area contributed by atoms with Gasteiger partial charge in [-0.3, -0.25) is 4.79 Å². The van der Waals surface area contributed by atoms with Gasteiger partial charge in [0.1, 0.15) is 5.82 Å². The van der Waals surface area contributed by atoms with Gasteiger partial charge in [0, 0.05) is 51.5 Å².